The smallest absolute Gasteiger partial charge is 0.306 e. The third-order valence-electron chi connectivity index (χ3n) is 7.83. The van der Waals surface area contributed by atoms with Crippen molar-refractivity contribution in [2.75, 3.05) is 13.2 Å². The van der Waals surface area contributed by atoms with E-state index in [9.17, 15) is 14.7 Å². The molecule has 0 unspecified atom stereocenters. The zero-order valence-electron chi connectivity index (χ0n) is 29.8. The van der Waals surface area contributed by atoms with E-state index in [-0.39, 0.29) is 25.2 Å². The fourth-order valence-electron chi connectivity index (χ4n) is 4.99. The highest BCUT2D eigenvalue weighted by atomic mass is 16.6. The van der Waals surface area contributed by atoms with Crippen molar-refractivity contribution < 1.29 is 24.2 Å². The molecule has 0 aliphatic carbocycles. The Labute approximate surface area is 283 Å². The predicted molar refractivity (Wildman–Crippen MR) is 196 cm³/mol. The summed E-state index contributed by atoms with van der Waals surface area (Å²) in [4.78, 5) is 24.2. The van der Waals surface area contributed by atoms with Gasteiger partial charge in [0.05, 0.1) is 6.61 Å². The Hall–Kier alpha value is -2.40. The molecular weight excluding hydrogens is 572 g/mol. The monoisotopic (exact) mass is 643 g/mol. The second kappa shape index (κ2) is 37.1. The lowest BCUT2D eigenvalue weighted by Gasteiger charge is -2.15. The summed E-state index contributed by atoms with van der Waals surface area (Å²) >= 11 is 0. The van der Waals surface area contributed by atoms with Gasteiger partial charge in [-0.25, -0.2) is 0 Å². The number of unbranched alkanes of at least 4 members (excludes halogenated alkanes) is 15. The van der Waals surface area contributed by atoms with Crippen LogP contribution in [-0.2, 0) is 19.1 Å². The van der Waals surface area contributed by atoms with E-state index >= 15 is 0 Å². The average Bonchev–Trinajstić information content (AvgIpc) is 3.06. The van der Waals surface area contributed by atoms with Crippen LogP contribution in [0, 0.1) is 0 Å². The zero-order chi connectivity index (χ0) is 33.6. The number of hydrogen-bond acceptors (Lipinski definition) is 5. The maximum Gasteiger partial charge on any atom is 0.306 e. The molecule has 0 aromatic rings. The van der Waals surface area contributed by atoms with Crippen LogP contribution in [-0.4, -0.2) is 36.4 Å². The normalized spacial score (nSPS) is 12.8. The van der Waals surface area contributed by atoms with Crippen LogP contribution >= 0.6 is 0 Å². The van der Waals surface area contributed by atoms with Crippen LogP contribution in [0.3, 0.4) is 0 Å². The first-order chi connectivity index (χ1) is 22.6. The van der Waals surface area contributed by atoms with Gasteiger partial charge in [-0.15, -0.1) is 0 Å². The lowest BCUT2D eigenvalue weighted by Crippen LogP contribution is -2.28. The van der Waals surface area contributed by atoms with E-state index < -0.39 is 6.10 Å². The Balaban J connectivity index is 3.66. The van der Waals surface area contributed by atoms with Crippen molar-refractivity contribution in [3.05, 3.63) is 60.8 Å². The molecule has 1 N–H and O–H groups in total. The van der Waals surface area contributed by atoms with E-state index in [1.165, 1.54) is 64.2 Å². The maximum atomic E-state index is 12.1. The molecule has 0 aliphatic heterocycles. The standard InChI is InChI=1S/C41H70O5/c1-3-5-7-9-11-13-15-17-18-19-20-21-22-24-26-28-30-32-34-36-41(44)46-39(37-42)38-45-40(43)35-33-31-29-27-25-23-16-14-12-10-8-6-4-2/h5,7,11,13,17-18,20-21,24,26,39,42H,3-4,6,8-10,12,14-16,19,22-23,25,27-38H2,1-2H3/b7-5-,13-11-,18-17-,21-20-,26-24-/t39-/m0/s1. The molecule has 0 rings (SSSR count). The largest absolute Gasteiger partial charge is 0.462 e. The highest BCUT2D eigenvalue weighted by molar-refractivity contribution is 5.70. The van der Waals surface area contributed by atoms with Crippen LogP contribution < -0.4 is 0 Å². The second-order valence-electron chi connectivity index (χ2n) is 12.3. The van der Waals surface area contributed by atoms with Gasteiger partial charge in [-0.05, 0) is 57.8 Å². The summed E-state index contributed by atoms with van der Waals surface area (Å²) in [6.07, 6.45) is 47.0. The molecule has 0 saturated carbocycles. The number of ether oxygens (including phenoxy) is 2. The molecule has 0 heterocycles. The van der Waals surface area contributed by atoms with Crippen LogP contribution in [0.25, 0.3) is 0 Å². The van der Waals surface area contributed by atoms with Crippen LogP contribution in [0.5, 0.6) is 0 Å². The molecule has 0 aliphatic rings. The molecule has 46 heavy (non-hydrogen) atoms. The third kappa shape index (κ3) is 34.5. The number of carbonyl (C=O) groups is 2. The van der Waals surface area contributed by atoms with E-state index in [0.29, 0.717) is 12.8 Å². The van der Waals surface area contributed by atoms with Crippen molar-refractivity contribution in [3.8, 4) is 0 Å². The molecule has 0 radical (unpaired) electrons. The SMILES string of the molecule is CC/C=C\C/C=C\C/C=C\C/C=C\C/C=C\CCCCCC(=O)O[C@@H](CO)COC(=O)CCCCCCCCCCCCCCC. The van der Waals surface area contributed by atoms with Gasteiger partial charge in [0.2, 0.25) is 0 Å². The van der Waals surface area contributed by atoms with Gasteiger partial charge >= 0.3 is 11.9 Å². The molecule has 0 amide bonds. The summed E-state index contributed by atoms with van der Waals surface area (Å²) in [6.45, 7) is 3.98. The Morgan fingerprint density at radius 1 is 0.522 bits per heavy atom. The summed E-state index contributed by atoms with van der Waals surface area (Å²) in [5.74, 6) is -0.630. The molecule has 0 bridgehead atoms. The second-order valence-corrected chi connectivity index (χ2v) is 12.3. The topological polar surface area (TPSA) is 72.8 Å². The van der Waals surface area contributed by atoms with Gasteiger partial charge in [0, 0.05) is 12.8 Å². The van der Waals surface area contributed by atoms with Crippen molar-refractivity contribution in [2.45, 2.75) is 174 Å². The first kappa shape index (κ1) is 43.6. The van der Waals surface area contributed by atoms with E-state index in [4.69, 9.17) is 9.47 Å². The number of allylic oxidation sites excluding steroid dienone is 10. The molecule has 0 fully saturated rings. The van der Waals surface area contributed by atoms with Crippen LogP contribution in [0.15, 0.2) is 60.8 Å². The fraction of sp³-hybridized carbons (Fsp3) is 0.707. The van der Waals surface area contributed by atoms with Gasteiger partial charge in [0.25, 0.3) is 0 Å². The summed E-state index contributed by atoms with van der Waals surface area (Å²) in [7, 11) is 0. The van der Waals surface area contributed by atoms with Gasteiger partial charge in [0.1, 0.15) is 6.61 Å². The summed E-state index contributed by atoms with van der Waals surface area (Å²) in [5.41, 5.74) is 0. The van der Waals surface area contributed by atoms with E-state index in [1.54, 1.807) is 0 Å². The zero-order valence-corrected chi connectivity index (χ0v) is 29.8. The number of carbonyl (C=O) groups excluding carboxylic acids is 2. The van der Waals surface area contributed by atoms with Crippen molar-refractivity contribution in [1.82, 2.24) is 0 Å². The van der Waals surface area contributed by atoms with Crippen molar-refractivity contribution >= 4 is 11.9 Å². The van der Waals surface area contributed by atoms with Crippen molar-refractivity contribution in [1.29, 1.82) is 0 Å². The number of rotatable bonds is 33. The summed E-state index contributed by atoms with van der Waals surface area (Å²) in [5, 5.41) is 9.53. The predicted octanol–water partition coefficient (Wildman–Crippen LogP) is 11.6. The van der Waals surface area contributed by atoms with Crippen LogP contribution in [0.1, 0.15) is 168 Å². The van der Waals surface area contributed by atoms with Gasteiger partial charge in [-0.1, -0.05) is 158 Å². The van der Waals surface area contributed by atoms with Crippen molar-refractivity contribution in [3.63, 3.8) is 0 Å². The Morgan fingerprint density at radius 3 is 1.41 bits per heavy atom. The highest BCUT2D eigenvalue weighted by Gasteiger charge is 2.16. The molecule has 0 aromatic carbocycles. The molecule has 0 spiro atoms. The quantitative estimate of drug-likeness (QED) is 0.0438. The average molecular weight is 643 g/mol. The van der Waals surface area contributed by atoms with Gasteiger partial charge in [0.15, 0.2) is 6.10 Å². The summed E-state index contributed by atoms with van der Waals surface area (Å²) < 4.78 is 10.6. The van der Waals surface area contributed by atoms with Crippen molar-refractivity contribution in [2.24, 2.45) is 0 Å². The number of esters is 2. The third-order valence-corrected chi connectivity index (χ3v) is 7.83. The summed E-state index contributed by atoms with van der Waals surface area (Å²) in [6, 6.07) is 0. The van der Waals surface area contributed by atoms with Crippen LogP contribution in [0.4, 0.5) is 0 Å². The number of aliphatic hydroxyl groups is 1. The molecule has 0 saturated heterocycles. The molecular formula is C41H70O5. The molecule has 1 atom stereocenters. The van der Waals surface area contributed by atoms with Gasteiger partial charge < -0.3 is 14.6 Å². The minimum atomic E-state index is -0.788. The molecule has 0 aromatic heterocycles. The number of hydrogen-bond donors (Lipinski definition) is 1. The molecule has 264 valence electrons. The van der Waals surface area contributed by atoms with E-state index in [2.05, 4.69) is 74.6 Å². The van der Waals surface area contributed by atoms with E-state index in [1.807, 2.05) is 0 Å². The Kier molecular flexibility index (Phi) is 35.1. The first-order valence-corrected chi connectivity index (χ1v) is 18.8. The highest BCUT2D eigenvalue weighted by Crippen LogP contribution is 2.13. The molecule has 5 heteroatoms. The maximum absolute atomic E-state index is 12.1. The lowest BCUT2D eigenvalue weighted by atomic mass is 10.0. The fourth-order valence-corrected chi connectivity index (χ4v) is 4.99. The molecule has 5 nitrogen and oxygen atoms in total. The van der Waals surface area contributed by atoms with Crippen LogP contribution in [0.2, 0.25) is 0 Å². The lowest BCUT2D eigenvalue weighted by molar-refractivity contribution is -0.161. The van der Waals surface area contributed by atoms with E-state index in [0.717, 1.165) is 77.0 Å². The number of aliphatic hydroxyl groups excluding tert-OH is 1. The minimum Gasteiger partial charge on any atom is -0.462 e. The van der Waals surface area contributed by atoms with Gasteiger partial charge in [-0.2, -0.15) is 0 Å². The first-order valence-electron chi connectivity index (χ1n) is 18.8. The Morgan fingerprint density at radius 2 is 0.935 bits per heavy atom. The Bertz CT molecular complexity index is 823. The van der Waals surface area contributed by atoms with Gasteiger partial charge in [-0.3, -0.25) is 9.59 Å². The minimum absolute atomic E-state index is 0.0798.